The summed E-state index contributed by atoms with van der Waals surface area (Å²) in [5.74, 6) is 1.28. The summed E-state index contributed by atoms with van der Waals surface area (Å²) in [7, 11) is 0. The summed E-state index contributed by atoms with van der Waals surface area (Å²) in [6.45, 7) is 12.2. The Morgan fingerprint density at radius 2 is 1.56 bits per heavy atom. The molecule has 90 valence electrons. The monoisotopic (exact) mass is 219 g/mol. The average Bonchev–Trinajstić information content (AvgIpc) is 2.26. The molecule has 0 aliphatic carbocycles. The first kappa shape index (κ1) is 13.2. The Kier molecular flexibility index (Phi) is 5.01. The van der Waals surface area contributed by atoms with E-state index in [0.717, 1.165) is 6.54 Å². The summed E-state index contributed by atoms with van der Waals surface area (Å²) in [5.41, 5.74) is 2.76. The highest BCUT2D eigenvalue weighted by molar-refractivity contribution is 5.24. The van der Waals surface area contributed by atoms with Gasteiger partial charge in [-0.1, -0.05) is 50.6 Å². The van der Waals surface area contributed by atoms with Crippen LogP contribution < -0.4 is 5.32 Å². The topological polar surface area (TPSA) is 12.0 Å². The third-order valence-corrected chi connectivity index (χ3v) is 3.39. The Morgan fingerprint density at radius 3 is 2.06 bits per heavy atom. The molecule has 0 aliphatic heterocycles. The van der Waals surface area contributed by atoms with Gasteiger partial charge in [0.2, 0.25) is 0 Å². The molecule has 0 spiro atoms. The molecule has 16 heavy (non-hydrogen) atoms. The van der Waals surface area contributed by atoms with Crippen molar-refractivity contribution in [2.75, 3.05) is 6.54 Å². The maximum absolute atomic E-state index is 3.59. The number of nitrogens with one attached hydrogen (secondary N) is 1. The molecule has 1 aromatic carbocycles. The summed E-state index contributed by atoms with van der Waals surface area (Å²) < 4.78 is 0. The van der Waals surface area contributed by atoms with Crippen LogP contribution in [0, 0.1) is 12.8 Å². The van der Waals surface area contributed by atoms with Crippen molar-refractivity contribution in [2.45, 2.75) is 46.6 Å². The molecule has 0 aromatic heterocycles. The second kappa shape index (κ2) is 6.05. The van der Waals surface area contributed by atoms with E-state index in [-0.39, 0.29) is 0 Å². The van der Waals surface area contributed by atoms with Crippen molar-refractivity contribution in [2.24, 2.45) is 5.92 Å². The molecule has 0 heterocycles. The summed E-state index contributed by atoms with van der Waals surface area (Å²) >= 11 is 0. The van der Waals surface area contributed by atoms with Crippen LogP contribution in [0.5, 0.6) is 0 Å². The van der Waals surface area contributed by atoms with E-state index in [0.29, 0.717) is 17.9 Å². The Balaban J connectivity index is 2.46. The van der Waals surface area contributed by atoms with Gasteiger partial charge >= 0.3 is 0 Å². The second-order valence-corrected chi connectivity index (χ2v) is 5.25. The predicted octanol–water partition coefficient (Wildman–Crippen LogP) is 3.73. The van der Waals surface area contributed by atoms with Crippen LogP contribution in [0.25, 0.3) is 0 Å². The average molecular weight is 219 g/mol. The Hall–Kier alpha value is -0.820. The minimum absolute atomic E-state index is 0.585. The van der Waals surface area contributed by atoms with Crippen molar-refractivity contribution in [1.82, 2.24) is 5.32 Å². The number of aryl methyl sites for hydroxylation is 1. The summed E-state index contributed by atoms with van der Waals surface area (Å²) in [5, 5.41) is 3.59. The molecule has 2 unspecified atom stereocenters. The van der Waals surface area contributed by atoms with Gasteiger partial charge in [-0.25, -0.2) is 0 Å². The van der Waals surface area contributed by atoms with E-state index >= 15 is 0 Å². The van der Waals surface area contributed by atoms with Crippen molar-refractivity contribution >= 4 is 0 Å². The molecule has 0 saturated heterocycles. The van der Waals surface area contributed by atoms with Crippen LogP contribution >= 0.6 is 0 Å². The zero-order chi connectivity index (χ0) is 12.1. The zero-order valence-electron chi connectivity index (χ0n) is 11.2. The van der Waals surface area contributed by atoms with Gasteiger partial charge in [-0.15, -0.1) is 0 Å². The standard InChI is InChI=1S/C15H25N/c1-11(2)14(5)16-10-13(4)15-8-6-12(3)7-9-15/h6-9,11,13-14,16H,10H2,1-5H3. The number of rotatable bonds is 5. The first-order chi connectivity index (χ1) is 7.50. The van der Waals surface area contributed by atoms with Crippen molar-refractivity contribution in [3.05, 3.63) is 35.4 Å². The molecule has 1 heteroatoms. The van der Waals surface area contributed by atoms with E-state index < -0.39 is 0 Å². The predicted molar refractivity (Wildman–Crippen MR) is 71.9 cm³/mol. The molecule has 0 aliphatic rings. The summed E-state index contributed by atoms with van der Waals surface area (Å²) in [6.07, 6.45) is 0. The van der Waals surface area contributed by atoms with Gasteiger partial charge in [0.1, 0.15) is 0 Å². The molecule has 0 radical (unpaired) electrons. The smallest absolute Gasteiger partial charge is 0.00619 e. The van der Waals surface area contributed by atoms with Crippen LogP contribution in [0.4, 0.5) is 0 Å². The molecule has 1 aromatic rings. The molecule has 1 rings (SSSR count). The van der Waals surface area contributed by atoms with Gasteiger partial charge in [0, 0.05) is 12.6 Å². The van der Waals surface area contributed by atoms with Crippen LogP contribution in [-0.4, -0.2) is 12.6 Å². The number of hydrogen-bond acceptors (Lipinski definition) is 1. The highest BCUT2D eigenvalue weighted by Crippen LogP contribution is 2.15. The van der Waals surface area contributed by atoms with Crippen LogP contribution in [-0.2, 0) is 0 Å². The Bertz CT molecular complexity index is 300. The van der Waals surface area contributed by atoms with Gasteiger partial charge in [0.05, 0.1) is 0 Å². The first-order valence-electron chi connectivity index (χ1n) is 6.30. The highest BCUT2D eigenvalue weighted by Gasteiger charge is 2.09. The van der Waals surface area contributed by atoms with E-state index in [4.69, 9.17) is 0 Å². The molecule has 0 fully saturated rings. The number of hydrogen-bond donors (Lipinski definition) is 1. The van der Waals surface area contributed by atoms with Crippen LogP contribution in [0.15, 0.2) is 24.3 Å². The molecular weight excluding hydrogens is 194 g/mol. The minimum atomic E-state index is 0.585. The fraction of sp³-hybridized carbons (Fsp3) is 0.600. The number of benzene rings is 1. The molecule has 0 amide bonds. The van der Waals surface area contributed by atoms with Crippen molar-refractivity contribution in [3.8, 4) is 0 Å². The SMILES string of the molecule is Cc1ccc(C(C)CNC(C)C(C)C)cc1. The molecular formula is C15H25N. The summed E-state index contributed by atoms with van der Waals surface area (Å²) in [4.78, 5) is 0. The maximum Gasteiger partial charge on any atom is 0.00619 e. The van der Waals surface area contributed by atoms with Crippen molar-refractivity contribution < 1.29 is 0 Å². The molecule has 1 nitrogen and oxygen atoms in total. The molecule has 1 N–H and O–H groups in total. The van der Waals surface area contributed by atoms with E-state index in [2.05, 4.69) is 64.2 Å². The third-order valence-electron chi connectivity index (χ3n) is 3.39. The van der Waals surface area contributed by atoms with Crippen LogP contribution in [0.2, 0.25) is 0 Å². The van der Waals surface area contributed by atoms with E-state index in [9.17, 15) is 0 Å². The van der Waals surface area contributed by atoms with Crippen molar-refractivity contribution in [1.29, 1.82) is 0 Å². The lowest BCUT2D eigenvalue weighted by Gasteiger charge is -2.20. The van der Waals surface area contributed by atoms with Gasteiger partial charge in [0.15, 0.2) is 0 Å². The molecule has 2 atom stereocenters. The van der Waals surface area contributed by atoms with Gasteiger partial charge in [-0.3, -0.25) is 0 Å². The quantitative estimate of drug-likeness (QED) is 0.795. The fourth-order valence-corrected chi connectivity index (χ4v) is 1.61. The molecule has 0 saturated carbocycles. The van der Waals surface area contributed by atoms with Crippen LogP contribution in [0.3, 0.4) is 0 Å². The van der Waals surface area contributed by atoms with Gasteiger partial charge < -0.3 is 5.32 Å². The zero-order valence-corrected chi connectivity index (χ0v) is 11.2. The maximum atomic E-state index is 3.59. The van der Waals surface area contributed by atoms with E-state index in [1.165, 1.54) is 11.1 Å². The highest BCUT2D eigenvalue weighted by atomic mass is 14.9. The van der Waals surface area contributed by atoms with Crippen molar-refractivity contribution in [3.63, 3.8) is 0 Å². The lowest BCUT2D eigenvalue weighted by atomic mass is 9.99. The third kappa shape index (κ3) is 3.97. The minimum Gasteiger partial charge on any atom is -0.313 e. The van der Waals surface area contributed by atoms with Gasteiger partial charge in [-0.05, 0) is 31.2 Å². The second-order valence-electron chi connectivity index (χ2n) is 5.25. The fourth-order valence-electron chi connectivity index (χ4n) is 1.61. The largest absolute Gasteiger partial charge is 0.313 e. The lowest BCUT2D eigenvalue weighted by Crippen LogP contribution is -2.33. The summed E-state index contributed by atoms with van der Waals surface area (Å²) in [6, 6.07) is 9.45. The molecule has 0 bridgehead atoms. The van der Waals surface area contributed by atoms with Crippen LogP contribution in [0.1, 0.15) is 44.7 Å². The van der Waals surface area contributed by atoms with Gasteiger partial charge in [0.25, 0.3) is 0 Å². The lowest BCUT2D eigenvalue weighted by molar-refractivity contribution is 0.417. The van der Waals surface area contributed by atoms with E-state index in [1.807, 2.05) is 0 Å². The normalized spacial score (nSPS) is 15.1. The van der Waals surface area contributed by atoms with E-state index in [1.54, 1.807) is 0 Å². The van der Waals surface area contributed by atoms with Gasteiger partial charge in [-0.2, -0.15) is 0 Å². The first-order valence-corrected chi connectivity index (χ1v) is 6.30. The Morgan fingerprint density at radius 1 is 1.00 bits per heavy atom. The Labute approximate surface area is 100 Å².